The zero-order valence-electron chi connectivity index (χ0n) is 12.4. The number of ether oxygens (including phenoxy) is 1. The Hall–Kier alpha value is -1.02. The average molecular weight is 249 g/mol. The molecule has 0 aliphatic carbocycles. The number of hydrogen-bond acceptors (Lipinski definition) is 2. The first kappa shape index (κ1) is 15.0. The van der Waals surface area contributed by atoms with Gasteiger partial charge >= 0.3 is 0 Å². The molecular formula is C16H27NO. The third-order valence-electron chi connectivity index (χ3n) is 2.99. The fraction of sp³-hybridized carbons (Fsp3) is 0.625. The van der Waals surface area contributed by atoms with Crippen LogP contribution in [0.2, 0.25) is 0 Å². The highest BCUT2D eigenvalue weighted by molar-refractivity contribution is 5.30. The Balaban J connectivity index is 2.84. The summed E-state index contributed by atoms with van der Waals surface area (Å²) in [5.41, 5.74) is 1.54. The predicted molar refractivity (Wildman–Crippen MR) is 78.1 cm³/mol. The Labute approximate surface area is 112 Å². The minimum atomic E-state index is 0.211. The Morgan fingerprint density at radius 2 is 1.72 bits per heavy atom. The molecule has 0 bridgehead atoms. The monoisotopic (exact) mass is 249 g/mol. The summed E-state index contributed by atoms with van der Waals surface area (Å²) in [6, 6.07) is 8.84. The SMILES string of the molecule is CCCNC(c1ccc(OCC)cc1)C(C)(C)C. The summed E-state index contributed by atoms with van der Waals surface area (Å²) >= 11 is 0. The van der Waals surface area contributed by atoms with Crippen LogP contribution in [0.25, 0.3) is 0 Å². The minimum Gasteiger partial charge on any atom is -0.494 e. The van der Waals surface area contributed by atoms with E-state index in [0.717, 1.165) is 25.3 Å². The van der Waals surface area contributed by atoms with Crippen molar-refractivity contribution in [2.24, 2.45) is 5.41 Å². The van der Waals surface area contributed by atoms with E-state index in [0.29, 0.717) is 6.04 Å². The molecule has 0 spiro atoms. The molecule has 1 N–H and O–H groups in total. The van der Waals surface area contributed by atoms with E-state index < -0.39 is 0 Å². The van der Waals surface area contributed by atoms with Crippen LogP contribution in [0, 0.1) is 5.41 Å². The molecule has 1 unspecified atom stereocenters. The molecule has 2 nitrogen and oxygen atoms in total. The van der Waals surface area contributed by atoms with Gasteiger partial charge in [0.25, 0.3) is 0 Å². The van der Waals surface area contributed by atoms with Crippen molar-refractivity contribution in [3.8, 4) is 5.75 Å². The van der Waals surface area contributed by atoms with E-state index in [-0.39, 0.29) is 5.41 Å². The van der Waals surface area contributed by atoms with Crippen LogP contribution >= 0.6 is 0 Å². The zero-order chi connectivity index (χ0) is 13.6. The van der Waals surface area contributed by atoms with E-state index >= 15 is 0 Å². The second-order valence-corrected chi connectivity index (χ2v) is 5.76. The lowest BCUT2D eigenvalue weighted by Gasteiger charge is -2.32. The van der Waals surface area contributed by atoms with Crippen molar-refractivity contribution >= 4 is 0 Å². The third kappa shape index (κ3) is 4.34. The van der Waals surface area contributed by atoms with Crippen LogP contribution < -0.4 is 10.1 Å². The Morgan fingerprint density at radius 1 is 1.11 bits per heavy atom. The molecular weight excluding hydrogens is 222 g/mol. The van der Waals surface area contributed by atoms with E-state index in [4.69, 9.17) is 4.74 Å². The molecule has 0 saturated carbocycles. The second kappa shape index (κ2) is 6.79. The molecule has 2 heteroatoms. The Bertz CT molecular complexity index is 337. The van der Waals surface area contributed by atoms with Gasteiger partial charge in [0.2, 0.25) is 0 Å². The Morgan fingerprint density at radius 3 is 2.17 bits per heavy atom. The van der Waals surface area contributed by atoms with E-state index in [1.807, 2.05) is 6.92 Å². The van der Waals surface area contributed by atoms with Crippen molar-refractivity contribution in [2.45, 2.75) is 47.1 Å². The lowest BCUT2D eigenvalue weighted by Crippen LogP contribution is -2.32. The van der Waals surface area contributed by atoms with Crippen molar-refractivity contribution in [3.05, 3.63) is 29.8 Å². The number of rotatable bonds is 6. The topological polar surface area (TPSA) is 21.3 Å². The van der Waals surface area contributed by atoms with Gasteiger partial charge in [-0.3, -0.25) is 0 Å². The molecule has 0 aliphatic rings. The molecule has 0 fully saturated rings. The largest absolute Gasteiger partial charge is 0.494 e. The summed E-state index contributed by atoms with van der Waals surface area (Å²) in [4.78, 5) is 0. The van der Waals surface area contributed by atoms with Gasteiger partial charge in [-0.2, -0.15) is 0 Å². The van der Waals surface area contributed by atoms with Gasteiger partial charge in [-0.15, -0.1) is 0 Å². The van der Waals surface area contributed by atoms with Gasteiger partial charge in [-0.1, -0.05) is 39.8 Å². The highest BCUT2D eigenvalue weighted by Crippen LogP contribution is 2.33. The number of benzene rings is 1. The lowest BCUT2D eigenvalue weighted by atomic mass is 9.82. The molecule has 102 valence electrons. The molecule has 1 aromatic rings. The van der Waals surface area contributed by atoms with Crippen LogP contribution in [0.15, 0.2) is 24.3 Å². The minimum absolute atomic E-state index is 0.211. The standard InChI is InChI=1S/C16H27NO/c1-6-12-17-15(16(3,4)5)13-8-10-14(11-9-13)18-7-2/h8-11,15,17H,6-7,12H2,1-5H3. The van der Waals surface area contributed by atoms with Crippen molar-refractivity contribution in [2.75, 3.05) is 13.2 Å². The maximum atomic E-state index is 5.49. The van der Waals surface area contributed by atoms with Crippen molar-refractivity contribution in [3.63, 3.8) is 0 Å². The van der Waals surface area contributed by atoms with Gasteiger partial charge in [0, 0.05) is 6.04 Å². The van der Waals surface area contributed by atoms with Crippen molar-refractivity contribution in [1.29, 1.82) is 0 Å². The van der Waals surface area contributed by atoms with E-state index in [1.54, 1.807) is 0 Å². The summed E-state index contributed by atoms with van der Waals surface area (Å²) in [7, 11) is 0. The summed E-state index contributed by atoms with van der Waals surface area (Å²) in [5, 5.41) is 3.64. The molecule has 0 saturated heterocycles. The molecule has 1 aromatic carbocycles. The summed E-state index contributed by atoms with van der Waals surface area (Å²) in [6.07, 6.45) is 1.16. The van der Waals surface area contributed by atoms with Crippen LogP contribution in [0.3, 0.4) is 0 Å². The van der Waals surface area contributed by atoms with Crippen molar-refractivity contribution in [1.82, 2.24) is 5.32 Å². The number of hydrogen-bond donors (Lipinski definition) is 1. The first-order chi connectivity index (χ1) is 8.49. The van der Waals surface area contributed by atoms with Crippen molar-refractivity contribution < 1.29 is 4.74 Å². The van der Waals surface area contributed by atoms with E-state index in [9.17, 15) is 0 Å². The highest BCUT2D eigenvalue weighted by Gasteiger charge is 2.25. The van der Waals surface area contributed by atoms with Crippen LogP contribution in [-0.2, 0) is 0 Å². The lowest BCUT2D eigenvalue weighted by molar-refractivity contribution is 0.273. The first-order valence-electron chi connectivity index (χ1n) is 6.95. The zero-order valence-corrected chi connectivity index (χ0v) is 12.4. The molecule has 1 atom stereocenters. The van der Waals surface area contributed by atoms with Crippen LogP contribution in [-0.4, -0.2) is 13.2 Å². The van der Waals surface area contributed by atoms with E-state index in [2.05, 4.69) is 57.3 Å². The highest BCUT2D eigenvalue weighted by atomic mass is 16.5. The molecule has 0 aliphatic heterocycles. The van der Waals surface area contributed by atoms with Gasteiger partial charge in [0.1, 0.15) is 5.75 Å². The van der Waals surface area contributed by atoms with Gasteiger partial charge < -0.3 is 10.1 Å². The maximum absolute atomic E-state index is 5.49. The average Bonchev–Trinajstić information content (AvgIpc) is 2.30. The van der Waals surface area contributed by atoms with Gasteiger partial charge in [0.15, 0.2) is 0 Å². The molecule has 0 aromatic heterocycles. The van der Waals surface area contributed by atoms with E-state index in [1.165, 1.54) is 5.56 Å². The molecule has 0 heterocycles. The smallest absolute Gasteiger partial charge is 0.119 e. The molecule has 1 rings (SSSR count). The summed E-state index contributed by atoms with van der Waals surface area (Å²) < 4.78 is 5.49. The van der Waals surface area contributed by atoms with Gasteiger partial charge in [0.05, 0.1) is 6.61 Å². The molecule has 18 heavy (non-hydrogen) atoms. The maximum Gasteiger partial charge on any atom is 0.119 e. The number of nitrogens with one attached hydrogen (secondary N) is 1. The fourth-order valence-electron chi connectivity index (χ4n) is 2.14. The predicted octanol–water partition coefficient (Wildman–Crippen LogP) is 4.17. The third-order valence-corrected chi connectivity index (χ3v) is 2.99. The molecule has 0 radical (unpaired) electrons. The summed E-state index contributed by atoms with van der Waals surface area (Å²) in [6.45, 7) is 12.8. The quantitative estimate of drug-likeness (QED) is 0.817. The molecule has 0 amide bonds. The summed E-state index contributed by atoms with van der Waals surface area (Å²) in [5.74, 6) is 0.949. The van der Waals surface area contributed by atoms with Gasteiger partial charge in [-0.05, 0) is 43.0 Å². The fourth-order valence-corrected chi connectivity index (χ4v) is 2.14. The second-order valence-electron chi connectivity index (χ2n) is 5.76. The first-order valence-corrected chi connectivity index (χ1v) is 6.95. The van der Waals surface area contributed by atoms with Crippen LogP contribution in [0.5, 0.6) is 5.75 Å². The Kier molecular flexibility index (Phi) is 5.67. The van der Waals surface area contributed by atoms with Gasteiger partial charge in [-0.25, -0.2) is 0 Å². The normalized spacial score (nSPS) is 13.4. The van der Waals surface area contributed by atoms with Crippen LogP contribution in [0.4, 0.5) is 0 Å². The van der Waals surface area contributed by atoms with Crippen LogP contribution in [0.1, 0.15) is 52.6 Å².